The summed E-state index contributed by atoms with van der Waals surface area (Å²) in [7, 11) is -3.47. The Morgan fingerprint density at radius 2 is 1.81 bits per heavy atom. The van der Waals surface area contributed by atoms with Crippen LogP contribution in [0.1, 0.15) is 25.3 Å². The van der Waals surface area contributed by atoms with Crippen molar-refractivity contribution in [2.24, 2.45) is 4.99 Å². The van der Waals surface area contributed by atoms with Crippen molar-refractivity contribution >= 4 is 51.7 Å². The maximum absolute atomic E-state index is 12.2. The predicted molar refractivity (Wildman–Crippen MR) is 123 cm³/mol. The molecular weight excluding hydrogens is 483 g/mol. The van der Waals surface area contributed by atoms with E-state index in [4.69, 9.17) is 0 Å². The summed E-state index contributed by atoms with van der Waals surface area (Å²) in [6, 6.07) is 6.82. The van der Waals surface area contributed by atoms with E-state index in [0.717, 1.165) is 43.2 Å². The molecule has 150 valence electrons. The number of aryl methyl sites for hydroxylation is 1. The predicted octanol–water partition coefficient (Wildman–Crippen LogP) is 2.59. The maximum Gasteiger partial charge on any atom is 0.240 e. The van der Waals surface area contributed by atoms with Crippen LogP contribution in [0.2, 0.25) is 0 Å². The molecule has 3 N–H and O–H groups in total. The molecule has 0 unspecified atom stereocenters. The van der Waals surface area contributed by atoms with Gasteiger partial charge in [-0.2, -0.15) is 11.8 Å². The molecule has 0 saturated heterocycles. The molecule has 6 nitrogen and oxygen atoms in total. The minimum Gasteiger partial charge on any atom is -0.357 e. The molecule has 0 amide bonds. The van der Waals surface area contributed by atoms with Crippen LogP contribution in [0.25, 0.3) is 0 Å². The molecule has 0 radical (unpaired) electrons. The molecule has 0 aliphatic carbocycles. The molecule has 0 atom stereocenters. The van der Waals surface area contributed by atoms with Gasteiger partial charge in [-0.15, -0.1) is 24.0 Å². The molecule has 1 aromatic rings. The van der Waals surface area contributed by atoms with Gasteiger partial charge in [-0.3, -0.25) is 4.99 Å². The normalized spacial score (nSPS) is 11.7. The number of hydrogen-bond donors (Lipinski definition) is 3. The minimum atomic E-state index is -3.47. The highest BCUT2D eigenvalue weighted by Crippen LogP contribution is 2.09. The summed E-state index contributed by atoms with van der Waals surface area (Å²) in [6.07, 6.45) is 4.31. The van der Waals surface area contributed by atoms with Gasteiger partial charge in [0.1, 0.15) is 0 Å². The van der Waals surface area contributed by atoms with Gasteiger partial charge in [0.15, 0.2) is 5.96 Å². The maximum atomic E-state index is 12.2. The summed E-state index contributed by atoms with van der Waals surface area (Å²) in [6.45, 7) is 6.24. The number of nitrogens with one attached hydrogen (secondary N) is 3. The van der Waals surface area contributed by atoms with Gasteiger partial charge in [0.05, 0.1) is 4.90 Å². The van der Waals surface area contributed by atoms with Crippen LogP contribution in [0.5, 0.6) is 0 Å². The third-order valence-corrected chi connectivity index (χ3v) is 5.59. The highest BCUT2D eigenvalue weighted by atomic mass is 127. The lowest BCUT2D eigenvalue weighted by Crippen LogP contribution is -2.41. The zero-order valence-electron chi connectivity index (χ0n) is 15.7. The fraction of sp³-hybridized carbons (Fsp3) is 0.588. The van der Waals surface area contributed by atoms with Crippen molar-refractivity contribution in [3.8, 4) is 0 Å². The molecular formula is C17H31IN4O2S2. The molecule has 0 fully saturated rings. The van der Waals surface area contributed by atoms with Crippen LogP contribution in [0.3, 0.4) is 0 Å². The summed E-state index contributed by atoms with van der Waals surface area (Å²) in [5.74, 6) is 1.88. The quantitative estimate of drug-likeness (QED) is 0.183. The highest BCUT2D eigenvalue weighted by molar-refractivity contribution is 14.0. The molecule has 1 aromatic carbocycles. The summed E-state index contributed by atoms with van der Waals surface area (Å²) >= 11 is 1.84. The minimum absolute atomic E-state index is 0. The van der Waals surface area contributed by atoms with Gasteiger partial charge in [-0.25, -0.2) is 13.1 Å². The zero-order chi connectivity index (χ0) is 18.5. The molecule has 0 heterocycles. The Kier molecular flexibility index (Phi) is 14.2. The average molecular weight is 514 g/mol. The van der Waals surface area contributed by atoms with Crippen molar-refractivity contribution in [2.75, 3.05) is 38.2 Å². The van der Waals surface area contributed by atoms with Crippen LogP contribution in [0, 0.1) is 6.92 Å². The molecule has 0 aromatic heterocycles. The number of benzene rings is 1. The van der Waals surface area contributed by atoms with Gasteiger partial charge in [-0.05, 0) is 50.8 Å². The molecule has 1 rings (SSSR count). The molecule has 0 aliphatic rings. The van der Waals surface area contributed by atoms with Gasteiger partial charge in [0.2, 0.25) is 10.0 Å². The zero-order valence-corrected chi connectivity index (χ0v) is 19.7. The number of halogens is 1. The van der Waals surface area contributed by atoms with Crippen LogP contribution in [-0.2, 0) is 10.0 Å². The lowest BCUT2D eigenvalue weighted by atomic mass is 10.2. The number of rotatable bonds is 11. The summed E-state index contributed by atoms with van der Waals surface area (Å²) in [5, 5.41) is 6.32. The molecule has 0 saturated carbocycles. The Morgan fingerprint density at radius 1 is 1.12 bits per heavy atom. The molecule has 0 aliphatic heterocycles. The SMILES string of the molecule is CCNC(=NCCCCSC)NCCNS(=O)(=O)c1ccc(C)cc1.I. The van der Waals surface area contributed by atoms with Gasteiger partial charge < -0.3 is 10.6 Å². The Balaban J connectivity index is 0.00000625. The van der Waals surface area contributed by atoms with E-state index in [2.05, 4.69) is 26.6 Å². The van der Waals surface area contributed by atoms with Crippen molar-refractivity contribution < 1.29 is 8.42 Å². The van der Waals surface area contributed by atoms with E-state index >= 15 is 0 Å². The van der Waals surface area contributed by atoms with Crippen molar-refractivity contribution in [2.45, 2.75) is 31.6 Å². The third kappa shape index (κ3) is 10.6. The smallest absolute Gasteiger partial charge is 0.240 e. The van der Waals surface area contributed by atoms with E-state index in [1.165, 1.54) is 0 Å². The third-order valence-electron chi connectivity index (χ3n) is 3.41. The van der Waals surface area contributed by atoms with Crippen LogP contribution < -0.4 is 15.4 Å². The van der Waals surface area contributed by atoms with Crippen LogP contribution in [0.4, 0.5) is 0 Å². The van der Waals surface area contributed by atoms with Crippen LogP contribution >= 0.6 is 35.7 Å². The fourth-order valence-electron chi connectivity index (χ4n) is 2.06. The first-order valence-electron chi connectivity index (χ1n) is 8.57. The molecule has 0 bridgehead atoms. The van der Waals surface area contributed by atoms with E-state index in [9.17, 15) is 8.42 Å². The Morgan fingerprint density at radius 3 is 2.42 bits per heavy atom. The monoisotopic (exact) mass is 514 g/mol. The van der Waals surface area contributed by atoms with E-state index in [0.29, 0.717) is 13.1 Å². The Labute approximate surface area is 179 Å². The first-order valence-corrected chi connectivity index (χ1v) is 11.4. The fourth-order valence-corrected chi connectivity index (χ4v) is 3.58. The standard InChI is InChI=1S/C17H30N4O2S2.HI/c1-4-18-17(19-11-5-6-14-24-3)20-12-13-21-25(22,23)16-9-7-15(2)8-10-16;/h7-10,21H,4-6,11-14H2,1-3H3,(H2,18,19,20);1H. The number of aliphatic imine (C=N–C) groups is 1. The highest BCUT2D eigenvalue weighted by Gasteiger charge is 2.12. The van der Waals surface area contributed by atoms with Gasteiger partial charge in [-0.1, -0.05) is 17.7 Å². The first-order chi connectivity index (χ1) is 12.0. The van der Waals surface area contributed by atoms with Crippen molar-refractivity contribution in [3.05, 3.63) is 29.8 Å². The molecule has 9 heteroatoms. The number of sulfonamides is 1. The van der Waals surface area contributed by atoms with E-state index in [-0.39, 0.29) is 28.9 Å². The summed E-state index contributed by atoms with van der Waals surface area (Å²) in [5.41, 5.74) is 1.03. The van der Waals surface area contributed by atoms with E-state index in [1.54, 1.807) is 24.3 Å². The second kappa shape index (κ2) is 14.5. The Bertz CT molecular complexity index is 622. The number of unbranched alkanes of at least 4 members (excludes halogenated alkanes) is 1. The topological polar surface area (TPSA) is 82.6 Å². The number of thioether (sulfide) groups is 1. The van der Waals surface area contributed by atoms with E-state index < -0.39 is 10.0 Å². The number of nitrogens with zero attached hydrogens (tertiary/aromatic N) is 1. The lowest BCUT2D eigenvalue weighted by molar-refractivity contribution is 0.580. The van der Waals surface area contributed by atoms with Gasteiger partial charge >= 0.3 is 0 Å². The second-order valence-electron chi connectivity index (χ2n) is 5.60. The summed E-state index contributed by atoms with van der Waals surface area (Å²) in [4.78, 5) is 4.78. The van der Waals surface area contributed by atoms with Gasteiger partial charge in [0, 0.05) is 26.2 Å². The van der Waals surface area contributed by atoms with Crippen LogP contribution in [0.15, 0.2) is 34.2 Å². The first kappa shape index (κ1) is 25.5. The van der Waals surface area contributed by atoms with Crippen molar-refractivity contribution in [1.29, 1.82) is 0 Å². The van der Waals surface area contributed by atoms with Gasteiger partial charge in [0.25, 0.3) is 0 Å². The average Bonchev–Trinajstić information content (AvgIpc) is 2.58. The van der Waals surface area contributed by atoms with Crippen molar-refractivity contribution in [1.82, 2.24) is 15.4 Å². The Hall–Kier alpha value is -0.520. The second-order valence-corrected chi connectivity index (χ2v) is 8.35. The lowest BCUT2D eigenvalue weighted by Gasteiger charge is -2.12. The van der Waals surface area contributed by atoms with Crippen LogP contribution in [-0.4, -0.2) is 52.6 Å². The largest absolute Gasteiger partial charge is 0.357 e. The van der Waals surface area contributed by atoms with Crippen molar-refractivity contribution in [3.63, 3.8) is 0 Å². The number of guanidine groups is 1. The number of hydrogen-bond acceptors (Lipinski definition) is 4. The molecule has 26 heavy (non-hydrogen) atoms. The molecule has 0 spiro atoms. The van der Waals surface area contributed by atoms with E-state index in [1.807, 2.05) is 25.6 Å². The summed E-state index contributed by atoms with van der Waals surface area (Å²) < 4.78 is 27.0.